The summed E-state index contributed by atoms with van der Waals surface area (Å²) in [6.07, 6.45) is 0. The molecule has 2 aromatic carbocycles. The Hall–Kier alpha value is 0.114. The van der Waals surface area contributed by atoms with Crippen LogP contribution in [0.3, 0.4) is 0 Å². The molecule has 0 saturated carbocycles. The smallest absolute Gasteiger partial charge is 0.137 e. The van der Waals surface area contributed by atoms with Crippen molar-refractivity contribution in [3.63, 3.8) is 0 Å². The topological polar surface area (TPSA) is 36.9 Å². The first-order valence-corrected chi connectivity index (χ1v) is 18.7. The molecular formula is C24H38O4S4Si2. The molecule has 0 aliphatic heterocycles. The monoisotopic (exact) mass is 574 g/mol. The molecule has 0 spiro atoms. The van der Waals surface area contributed by atoms with Crippen LogP contribution in [0.4, 0.5) is 0 Å². The largest absolute Gasteiger partial charge is 0.375 e. The lowest BCUT2D eigenvalue weighted by Crippen LogP contribution is -2.57. The molecule has 0 aliphatic carbocycles. The van der Waals surface area contributed by atoms with Gasteiger partial charge in [0.1, 0.15) is 28.2 Å². The first-order chi connectivity index (χ1) is 16.1. The molecule has 190 valence electrons. The first kappa shape index (κ1) is 30.3. The van der Waals surface area contributed by atoms with Crippen LogP contribution in [0.1, 0.15) is 27.7 Å². The second-order valence-corrected chi connectivity index (χ2v) is 20.5. The van der Waals surface area contributed by atoms with Crippen LogP contribution in [-0.2, 0) is 18.9 Å². The maximum absolute atomic E-state index is 6.25. The molecular weight excluding hydrogens is 537 g/mol. The minimum absolute atomic E-state index is 0.440. The third-order valence-corrected chi connectivity index (χ3v) is 21.9. The summed E-state index contributed by atoms with van der Waals surface area (Å²) in [5, 5.41) is 2.70. The minimum atomic E-state index is -0.841. The van der Waals surface area contributed by atoms with Gasteiger partial charge in [0.15, 0.2) is 0 Å². The maximum atomic E-state index is 6.25. The molecule has 0 saturated heterocycles. The van der Waals surface area contributed by atoms with Crippen molar-refractivity contribution in [1.29, 1.82) is 0 Å². The van der Waals surface area contributed by atoms with Crippen molar-refractivity contribution in [1.82, 2.24) is 0 Å². The molecule has 2 aromatic rings. The van der Waals surface area contributed by atoms with Crippen LogP contribution in [0.5, 0.6) is 0 Å². The van der Waals surface area contributed by atoms with Gasteiger partial charge in [-0.05, 0) is 68.9 Å². The zero-order chi connectivity index (χ0) is 25.3. The van der Waals surface area contributed by atoms with E-state index in [0.717, 1.165) is 0 Å². The minimum Gasteiger partial charge on any atom is -0.375 e. The fourth-order valence-corrected chi connectivity index (χ4v) is 19.6. The lowest BCUT2D eigenvalue weighted by atomic mass is 10.1. The van der Waals surface area contributed by atoms with Gasteiger partial charge in [-0.2, -0.15) is 0 Å². The van der Waals surface area contributed by atoms with Gasteiger partial charge < -0.3 is 18.9 Å². The SMILES string of the molecule is COC(C)(C)C(OC)([SiH2]c1ccccc1)SSSSC(OC)([SiH2]c1ccccc1)C(C)(C)OC. The number of ether oxygens (including phenoxy) is 4. The Labute approximate surface area is 225 Å². The van der Waals surface area contributed by atoms with Crippen LogP contribution in [0, 0.1) is 0 Å². The van der Waals surface area contributed by atoms with Crippen LogP contribution in [0.15, 0.2) is 60.7 Å². The van der Waals surface area contributed by atoms with E-state index in [9.17, 15) is 0 Å². The van der Waals surface area contributed by atoms with E-state index < -0.39 is 39.4 Å². The molecule has 2 atom stereocenters. The van der Waals surface area contributed by atoms with Gasteiger partial charge in [0, 0.05) is 28.4 Å². The van der Waals surface area contributed by atoms with E-state index in [1.807, 2.05) is 0 Å². The van der Waals surface area contributed by atoms with Gasteiger partial charge in [0.05, 0.1) is 11.2 Å². The third kappa shape index (κ3) is 7.33. The molecule has 0 radical (unpaired) electrons. The molecule has 0 aromatic heterocycles. The van der Waals surface area contributed by atoms with Gasteiger partial charge in [-0.1, -0.05) is 71.0 Å². The first-order valence-electron chi connectivity index (χ1n) is 11.1. The van der Waals surface area contributed by atoms with Crippen molar-refractivity contribution in [2.45, 2.75) is 48.0 Å². The zero-order valence-corrected chi connectivity index (χ0v) is 27.5. The molecule has 10 heteroatoms. The average molecular weight is 575 g/mol. The lowest BCUT2D eigenvalue weighted by molar-refractivity contribution is -0.0757. The molecule has 2 unspecified atom stereocenters. The molecule has 0 bridgehead atoms. The van der Waals surface area contributed by atoms with E-state index in [0.29, 0.717) is 0 Å². The summed E-state index contributed by atoms with van der Waals surface area (Å²) in [6.45, 7) is 8.47. The fourth-order valence-electron chi connectivity index (χ4n) is 3.57. The van der Waals surface area contributed by atoms with Crippen molar-refractivity contribution in [3.8, 4) is 0 Å². The predicted octanol–water partition coefficient (Wildman–Crippen LogP) is 4.10. The van der Waals surface area contributed by atoms with Gasteiger partial charge in [0.25, 0.3) is 0 Å². The van der Waals surface area contributed by atoms with Crippen LogP contribution in [0.25, 0.3) is 0 Å². The third-order valence-electron chi connectivity index (χ3n) is 6.44. The molecule has 0 amide bonds. The second-order valence-electron chi connectivity index (χ2n) is 8.97. The summed E-state index contributed by atoms with van der Waals surface area (Å²) in [7, 11) is 12.5. The fraction of sp³-hybridized carbons (Fsp3) is 0.500. The van der Waals surface area contributed by atoms with Gasteiger partial charge in [-0.15, -0.1) is 0 Å². The van der Waals surface area contributed by atoms with Crippen LogP contribution in [-0.4, -0.2) is 67.8 Å². The summed E-state index contributed by atoms with van der Waals surface area (Å²) in [5.74, 6) is 0. The molecule has 0 N–H and O–H groups in total. The highest BCUT2D eigenvalue weighted by atomic mass is 33.7. The highest BCUT2D eigenvalue weighted by Gasteiger charge is 2.50. The molecule has 0 fully saturated rings. The summed E-state index contributed by atoms with van der Waals surface area (Å²) in [5.41, 5.74) is -0.898. The lowest BCUT2D eigenvalue weighted by Gasteiger charge is -2.45. The predicted molar refractivity (Wildman–Crippen MR) is 161 cm³/mol. The number of hydrogen-bond donors (Lipinski definition) is 0. The highest BCUT2D eigenvalue weighted by Crippen LogP contribution is 2.57. The molecule has 34 heavy (non-hydrogen) atoms. The molecule has 0 heterocycles. The van der Waals surface area contributed by atoms with Gasteiger partial charge in [-0.3, -0.25) is 0 Å². The Morgan fingerprint density at radius 2 is 0.853 bits per heavy atom. The Kier molecular flexibility index (Phi) is 12.1. The highest BCUT2D eigenvalue weighted by molar-refractivity contribution is 9.26. The quantitative estimate of drug-likeness (QED) is 0.136. The van der Waals surface area contributed by atoms with Crippen molar-refractivity contribution in [2.24, 2.45) is 0 Å². The van der Waals surface area contributed by atoms with Gasteiger partial charge in [0.2, 0.25) is 0 Å². The van der Waals surface area contributed by atoms with Crippen molar-refractivity contribution in [2.75, 3.05) is 28.4 Å². The van der Waals surface area contributed by atoms with Crippen molar-refractivity contribution < 1.29 is 18.9 Å². The van der Waals surface area contributed by atoms with E-state index in [2.05, 4.69) is 88.4 Å². The second kappa shape index (κ2) is 13.6. The maximum Gasteiger partial charge on any atom is 0.137 e. The summed E-state index contributed by atoms with van der Waals surface area (Å²) in [4.78, 5) is 0. The van der Waals surface area contributed by atoms with Crippen LogP contribution >= 0.6 is 41.2 Å². The summed E-state index contributed by atoms with van der Waals surface area (Å²) < 4.78 is 23.5. The molecule has 4 nitrogen and oxygen atoms in total. The van der Waals surface area contributed by atoms with Crippen molar-refractivity contribution in [3.05, 3.63) is 60.7 Å². The summed E-state index contributed by atoms with van der Waals surface area (Å²) in [6, 6.07) is 21.3. The van der Waals surface area contributed by atoms with E-state index in [1.54, 1.807) is 69.7 Å². The van der Waals surface area contributed by atoms with E-state index in [1.165, 1.54) is 10.4 Å². The number of benzene rings is 2. The van der Waals surface area contributed by atoms with Crippen LogP contribution < -0.4 is 10.4 Å². The molecule has 0 aliphatic rings. The Bertz CT molecular complexity index is 789. The number of hydrogen-bond acceptors (Lipinski definition) is 8. The van der Waals surface area contributed by atoms with Crippen LogP contribution in [0.2, 0.25) is 0 Å². The zero-order valence-electron chi connectivity index (χ0n) is 21.5. The van der Waals surface area contributed by atoms with Gasteiger partial charge >= 0.3 is 0 Å². The Morgan fingerprint density at radius 1 is 0.529 bits per heavy atom. The normalized spacial score (nSPS) is 16.8. The number of methoxy groups -OCH3 is 4. The van der Waals surface area contributed by atoms with E-state index in [4.69, 9.17) is 18.9 Å². The Morgan fingerprint density at radius 3 is 1.12 bits per heavy atom. The standard InChI is InChI=1S/C24H38O4S4Si2/c1-21(2,25-5)23(27-7,33-19-15-11-9-12-16-19)29-31-32-30-24(28-8,22(3,4)26-6)34-20-17-13-10-14-18-20/h9-18H,33-34H2,1-8H3. The van der Waals surface area contributed by atoms with Gasteiger partial charge in [-0.25, -0.2) is 0 Å². The van der Waals surface area contributed by atoms with Crippen molar-refractivity contribution >= 4 is 70.7 Å². The summed E-state index contributed by atoms with van der Waals surface area (Å²) >= 11 is 0. The average Bonchev–Trinajstić information content (AvgIpc) is 2.86. The Balaban J connectivity index is 2.21. The van der Waals surface area contributed by atoms with E-state index in [-0.39, 0.29) is 0 Å². The number of rotatable bonds is 15. The molecule has 2 rings (SSSR count). The van der Waals surface area contributed by atoms with E-state index >= 15 is 0 Å².